The molecule has 0 aromatic rings. The Kier molecular flexibility index (Phi) is 43.8. The van der Waals surface area contributed by atoms with Gasteiger partial charge in [-0.3, -0.25) is 4.79 Å². The van der Waals surface area contributed by atoms with E-state index in [1.165, 1.54) is 199 Å². The average Bonchev–Trinajstić information content (AvgIpc) is 3.33. The van der Waals surface area contributed by atoms with Crippen LogP contribution < -0.4 is 5.32 Å². The van der Waals surface area contributed by atoms with Crippen LogP contribution in [0.2, 0.25) is 0 Å². The van der Waals surface area contributed by atoms with Crippen molar-refractivity contribution in [2.24, 2.45) is 0 Å². The zero-order valence-corrected chi connectivity index (χ0v) is 43.4. The van der Waals surface area contributed by atoms with E-state index >= 15 is 0 Å². The smallest absolute Gasteiger partial charge is 0.249 e. The number of allylic oxidation sites excluding steroid dienone is 2. The number of carbonyl (C=O) groups is 1. The van der Waals surface area contributed by atoms with Crippen molar-refractivity contribution in [1.82, 2.24) is 5.32 Å². The van der Waals surface area contributed by atoms with Crippen LogP contribution in [0.25, 0.3) is 0 Å². The Morgan fingerprint density at radius 3 is 1.28 bits per heavy atom. The monoisotopic (exact) mass is 956 g/mol. The number of carbonyl (C=O) groups excluding carboxylic acids is 1. The molecule has 11 heteroatoms. The molecule has 1 heterocycles. The molecule has 1 amide bonds. The van der Waals surface area contributed by atoms with Gasteiger partial charge in [-0.15, -0.1) is 0 Å². The van der Waals surface area contributed by atoms with Crippen molar-refractivity contribution in [3.63, 3.8) is 0 Å². The first-order valence-corrected chi connectivity index (χ1v) is 28.6. The number of unbranched alkanes of at least 4 members (excludes halogenated alkanes) is 35. The molecule has 0 bridgehead atoms. The molecule has 1 aliphatic rings. The number of hydrogen-bond donors (Lipinski definition) is 8. The first-order chi connectivity index (χ1) is 32.7. The van der Waals surface area contributed by atoms with E-state index in [1.807, 2.05) is 6.08 Å². The van der Waals surface area contributed by atoms with Crippen molar-refractivity contribution in [3.05, 3.63) is 12.2 Å². The Morgan fingerprint density at radius 2 is 0.881 bits per heavy atom. The summed E-state index contributed by atoms with van der Waals surface area (Å²) in [4.78, 5) is 13.0. The van der Waals surface area contributed by atoms with Gasteiger partial charge in [-0.05, 0) is 32.1 Å². The first kappa shape index (κ1) is 63.9. The maximum atomic E-state index is 13.0. The molecule has 0 radical (unpaired) electrons. The van der Waals surface area contributed by atoms with Gasteiger partial charge in [-0.2, -0.15) is 0 Å². The Hall–Kier alpha value is -1.15. The molecule has 1 fully saturated rings. The molecule has 1 saturated heterocycles. The van der Waals surface area contributed by atoms with Gasteiger partial charge in [0.2, 0.25) is 5.91 Å². The van der Waals surface area contributed by atoms with Crippen LogP contribution in [0.4, 0.5) is 0 Å². The second-order valence-electron chi connectivity index (χ2n) is 20.4. The second kappa shape index (κ2) is 46.0. The minimum atomic E-state index is -1.66. The number of ether oxygens (including phenoxy) is 2. The zero-order valence-electron chi connectivity index (χ0n) is 43.4. The quantitative estimate of drug-likeness (QED) is 0.0215. The standard InChI is InChI=1S/C56H109NO10/c1-3-5-7-9-11-13-14-15-16-17-18-19-20-21-22-23-24-25-26-27-28-29-30-31-32-33-34-35-36-38-39-41-43-48(59)51(61)47(46-66-56-54(64)53(63)52(62)50(45-58)67-56)57-55(65)49(60)44-42-40-37-12-10-8-6-4-2/h37,40,47-54,56,58-64H,3-36,38-39,41-46H2,1-2H3,(H,57,65)/b40-37-. The predicted molar refractivity (Wildman–Crippen MR) is 275 cm³/mol. The third-order valence-corrected chi connectivity index (χ3v) is 14.1. The Morgan fingerprint density at radius 1 is 0.507 bits per heavy atom. The maximum absolute atomic E-state index is 13.0. The molecule has 0 spiro atoms. The van der Waals surface area contributed by atoms with Crippen LogP contribution in [0.3, 0.4) is 0 Å². The van der Waals surface area contributed by atoms with Gasteiger partial charge in [0.05, 0.1) is 25.4 Å². The van der Waals surface area contributed by atoms with Gasteiger partial charge >= 0.3 is 0 Å². The van der Waals surface area contributed by atoms with Crippen LogP contribution in [0.1, 0.15) is 271 Å². The van der Waals surface area contributed by atoms with Gasteiger partial charge in [0, 0.05) is 0 Å². The first-order valence-electron chi connectivity index (χ1n) is 28.6. The van der Waals surface area contributed by atoms with E-state index in [0.29, 0.717) is 19.3 Å². The van der Waals surface area contributed by atoms with E-state index in [2.05, 4.69) is 25.2 Å². The van der Waals surface area contributed by atoms with Crippen molar-refractivity contribution in [2.75, 3.05) is 13.2 Å². The Labute approximate surface area is 411 Å². The highest BCUT2D eigenvalue weighted by Gasteiger charge is 2.44. The van der Waals surface area contributed by atoms with Gasteiger partial charge in [-0.25, -0.2) is 0 Å². The van der Waals surface area contributed by atoms with E-state index in [-0.39, 0.29) is 6.42 Å². The summed E-state index contributed by atoms with van der Waals surface area (Å²) in [5.41, 5.74) is 0. The van der Waals surface area contributed by atoms with Gasteiger partial charge < -0.3 is 50.5 Å². The molecule has 9 unspecified atom stereocenters. The summed E-state index contributed by atoms with van der Waals surface area (Å²) in [5.74, 6) is -0.730. The molecular weight excluding hydrogens is 847 g/mol. The van der Waals surface area contributed by atoms with Crippen LogP contribution in [-0.2, 0) is 14.3 Å². The van der Waals surface area contributed by atoms with Crippen molar-refractivity contribution < 1.29 is 50.0 Å². The number of aliphatic hydroxyl groups excluding tert-OH is 7. The van der Waals surface area contributed by atoms with Crippen molar-refractivity contribution in [2.45, 2.75) is 326 Å². The Balaban J connectivity index is 2.14. The molecule has 398 valence electrons. The van der Waals surface area contributed by atoms with Gasteiger partial charge in [0.1, 0.15) is 36.6 Å². The highest BCUT2D eigenvalue weighted by molar-refractivity contribution is 5.80. The molecular formula is C56H109NO10. The summed E-state index contributed by atoms with van der Waals surface area (Å²) < 4.78 is 11.1. The number of aliphatic hydroxyl groups is 7. The highest BCUT2D eigenvalue weighted by Crippen LogP contribution is 2.23. The summed E-state index contributed by atoms with van der Waals surface area (Å²) in [6.07, 6.45) is 42.0. The van der Waals surface area contributed by atoms with E-state index in [1.54, 1.807) is 0 Å². The average molecular weight is 956 g/mol. The fraction of sp³-hybridized carbons (Fsp3) is 0.946. The third kappa shape index (κ3) is 34.8. The summed E-state index contributed by atoms with van der Waals surface area (Å²) in [6, 6.07) is -1.18. The number of hydrogen-bond acceptors (Lipinski definition) is 10. The molecule has 8 N–H and O–H groups in total. The SMILES string of the molecule is CCCCCC/C=C\CCC(O)C(=O)NC(COC1OC(CO)C(O)C(O)C1O)C(O)C(O)CCCCCCCCCCCCCCCCCCCCCCCCCCCCCCCCCC. The van der Waals surface area contributed by atoms with Gasteiger partial charge in [0.25, 0.3) is 0 Å². The topological polar surface area (TPSA) is 189 Å². The van der Waals surface area contributed by atoms with Crippen molar-refractivity contribution in [1.29, 1.82) is 0 Å². The summed E-state index contributed by atoms with van der Waals surface area (Å²) >= 11 is 0. The van der Waals surface area contributed by atoms with Crippen LogP contribution >= 0.6 is 0 Å². The summed E-state index contributed by atoms with van der Waals surface area (Å²) in [7, 11) is 0. The minimum absolute atomic E-state index is 0.177. The summed E-state index contributed by atoms with van der Waals surface area (Å²) in [5, 5.41) is 75.6. The zero-order chi connectivity index (χ0) is 49.0. The predicted octanol–water partition coefficient (Wildman–Crippen LogP) is 11.6. The second-order valence-corrected chi connectivity index (χ2v) is 20.4. The lowest BCUT2D eigenvalue weighted by molar-refractivity contribution is -0.303. The number of amides is 1. The van der Waals surface area contributed by atoms with Gasteiger partial charge in [-0.1, -0.05) is 251 Å². The van der Waals surface area contributed by atoms with Crippen molar-refractivity contribution >= 4 is 5.91 Å². The van der Waals surface area contributed by atoms with E-state index < -0.39 is 74.2 Å². The third-order valence-electron chi connectivity index (χ3n) is 14.1. The number of rotatable bonds is 49. The molecule has 1 aliphatic heterocycles. The minimum Gasteiger partial charge on any atom is -0.394 e. The normalized spacial score (nSPS) is 20.6. The fourth-order valence-corrected chi connectivity index (χ4v) is 9.39. The van der Waals surface area contributed by atoms with E-state index in [4.69, 9.17) is 9.47 Å². The fourth-order valence-electron chi connectivity index (χ4n) is 9.39. The van der Waals surface area contributed by atoms with Crippen LogP contribution in [0.15, 0.2) is 12.2 Å². The Bertz CT molecular complexity index is 1100. The largest absolute Gasteiger partial charge is 0.394 e. The molecule has 0 aromatic heterocycles. The molecule has 0 aliphatic carbocycles. The van der Waals surface area contributed by atoms with Crippen LogP contribution in [-0.4, -0.2) is 110 Å². The molecule has 9 atom stereocenters. The lowest BCUT2D eigenvalue weighted by Gasteiger charge is -2.40. The molecule has 0 saturated carbocycles. The van der Waals surface area contributed by atoms with E-state index in [0.717, 1.165) is 32.1 Å². The lowest BCUT2D eigenvalue weighted by Crippen LogP contribution is -2.60. The maximum Gasteiger partial charge on any atom is 0.249 e. The molecule has 0 aromatic carbocycles. The van der Waals surface area contributed by atoms with Crippen LogP contribution in [0.5, 0.6) is 0 Å². The molecule has 67 heavy (non-hydrogen) atoms. The van der Waals surface area contributed by atoms with Crippen LogP contribution in [0, 0.1) is 0 Å². The molecule has 1 rings (SSSR count). The highest BCUT2D eigenvalue weighted by atomic mass is 16.7. The molecule has 11 nitrogen and oxygen atoms in total. The van der Waals surface area contributed by atoms with E-state index in [9.17, 15) is 40.5 Å². The number of nitrogens with one attached hydrogen (secondary N) is 1. The lowest BCUT2D eigenvalue weighted by atomic mass is 9.98. The van der Waals surface area contributed by atoms with Gasteiger partial charge in [0.15, 0.2) is 6.29 Å². The van der Waals surface area contributed by atoms with Crippen molar-refractivity contribution in [3.8, 4) is 0 Å². The summed E-state index contributed by atoms with van der Waals surface area (Å²) in [6.45, 7) is 3.39.